The molecule has 0 atom stereocenters. The summed E-state index contributed by atoms with van der Waals surface area (Å²) in [6.07, 6.45) is 3.85. The predicted octanol–water partition coefficient (Wildman–Crippen LogP) is 1.32. The standard InChI is InChI=1S/C19H25N5O2/c20-10-11-24(13-14-6-2-1-3-7-14)19(26)21-12-16-15-8-4-5-9-17(15)22-23-18(16)25/h1-3,6-7H,4-5,8-13,20H2,(H,21,26)(H,23,25). The molecule has 7 heteroatoms. The number of nitrogens with one attached hydrogen (secondary N) is 2. The topological polar surface area (TPSA) is 104 Å². The first-order valence-electron chi connectivity index (χ1n) is 9.05. The number of fused-ring (bicyclic) bond motifs is 1. The van der Waals surface area contributed by atoms with E-state index in [0.717, 1.165) is 42.5 Å². The summed E-state index contributed by atoms with van der Waals surface area (Å²) >= 11 is 0. The van der Waals surface area contributed by atoms with Gasteiger partial charge in [0.15, 0.2) is 0 Å². The average molecular weight is 355 g/mol. The van der Waals surface area contributed by atoms with Crippen molar-refractivity contribution < 1.29 is 4.79 Å². The van der Waals surface area contributed by atoms with Crippen LogP contribution in [-0.4, -0.2) is 34.2 Å². The first-order chi connectivity index (χ1) is 12.7. The van der Waals surface area contributed by atoms with E-state index in [1.54, 1.807) is 4.90 Å². The second kappa shape index (κ2) is 8.62. The average Bonchev–Trinajstić information content (AvgIpc) is 2.67. The van der Waals surface area contributed by atoms with Crippen LogP contribution >= 0.6 is 0 Å². The van der Waals surface area contributed by atoms with Crippen molar-refractivity contribution >= 4 is 6.03 Å². The van der Waals surface area contributed by atoms with Crippen LogP contribution in [0.3, 0.4) is 0 Å². The molecule has 0 saturated heterocycles. The predicted molar refractivity (Wildman–Crippen MR) is 99.6 cm³/mol. The molecule has 0 saturated carbocycles. The van der Waals surface area contributed by atoms with Gasteiger partial charge < -0.3 is 16.0 Å². The number of nitrogens with two attached hydrogens (primary N) is 1. The molecule has 0 spiro atoms. The van der Waals surface area contributed by atoms with Crippen molar-refractivity contribution in [3.8, 4) is 0 Å². The largest absolute Gasteiger partial charge is 0.334 e. The number of carbonyl (C=O) groups excluding carboxylic acids is 1. The number of amides is 2. The molecule has 0 unspecified atom stereocenters. The van der Waals surface area contributed by atoms with E-state index in [1.165, 1.54) is 0 Å². The third kappa shape index (κ3) is 4.29. The minimum atomic E-state index is -0.223. The summed E-state index contributed by atoms with van der Waals surface area (Å²) in [5.74, 6) is 0. The molecule has 7 nitrogen and oxygen atoms in total. The Kier molecular flexibility index (Phi) is 6.01. The van der Waals surface area contributed by atoms with E-state index in [2.05, 4.69) is 15.5 Å². The van der Waals surface area contributed by atoms with Gasteiger partial charge in [-0.3, -0.25) is 4.79 Å². The highest BCUT2D eigenvalue weighted by Gasteiger charge is 2.19. The Morgan fingerprint density at radius 3 is 2.77 bits per heavy atom. The second-order valence-electron chi connectivity index (χ2n) is 6.52. The summed E-state index contributed by atoms with van der Waals surface area (Å²) in [5.41, 5.74) is 9.04. The van der Waals surface area contributed by atoms with E-state index in [4.69, 9.17) is 5.73 Å². The molecule has 26 heavy (non-hydrogen) atoms. The van der Waals surface area contributed by atoms with Crippen molar-refractivity contribution in [2.24, 2.45) is 5.73 Å². The van der Waals surface area contributed by atoms with E-state index in [1.807, 2.05) is 30.3 Å². The number of aryl methyl sites for hydroxylation is 1. The van der Waals surface area contributed by atoms with Gasteiger partial charge in [0.2, 0.25) is 0 Å². The van der Waals surface area contributed by atoms with Gasteiger partial charge in [0.05, 0.1) is 12.2 Å². The highest BCUT2D eigenvalue weighted by molar-refractivity contribution is 5.74. The van der Waals surface area contributed by atoms with Crippen molar-refractivity contribution in [2.75, 3.05) is 13.1 Å². The molecule has 2 aromatic rings. The van der Waals surface area contributed by atoms with Gasteiger partial charge in [-0.25, -0.2) is 9.89 Å². The molecule has 4 N–H and O–H groups in total. The Balaban J connectivity index is 1.70. The van der Waals surface area contributed by atoms with E-state index in [0.29, 0.717) is 25.2 Å². The van der Waals surface area contributed by atoms with Gasteiger partial charge in [-0.05, 0) is 36.8 Å². The van der Waals surface area contributed by atoms with Crippen LogP contribution in [0.1, 0.15) is 35.2 Å². The van der Waals surface area contributed by atoms with Gasteiger partial charge in [0, 0.05) is 25.2 Å². The fourth-order valence-electron chi connectivity index (χ4n) is 3.34. The minimum Gasteiger partial charge on any atom is -0.334 e. The summed E-state index contributed by atoms with van der Waals surface area (Å²) in [5, 5.41) is 9.58. The second-order valence-corrected chi connectivity index (χ2v) is 6.52. The van der Waals surface area contributed by atoms with Gasteiger partial charge >= 0.3 is 6.03 Å². The monoisotopic (exact) mass is 355 g/mol. The van der Waals surface area contributed by atoms with Crippen LogP contribution in [-0.2, 0) is 25.9 Å². The molecule has 1 aromatic heterocycles. The number of hydrogen-bond donors (Lipinski definition) is 3. The number of aromatic amines is 1. The normalized spacial score (nSPS) is 13.1. The quantitative estimate of drug-likeness (QED) is 0.727. The lowest BCUT2D eigenvalue weighted by Gasteiger charge is -2.23. The number of hydrogen-bond acceptors (Lipinski definition) is 4. The Bertz CT molecular complexity index is 803. The van der Waals surface area contributed by atoms with Crippen LogP contribution in [0.15, 0.2) is 35.1 Å². The minimum absolute atomic E-state index is 0.203. The molecule has 0 fully saturated rings. The molecule has 3 rings (SSSR count). The highest BCUT2D eigenvalue weighted by atomic mass is 16.2. The summed E-state index contributed by atoms with van der Waals surface area (Å²) in [4.78, 5) is 26.5. The van der Waals surface area contributed by atoms with Crippen molar-refractivity contribution in [3.63, 3.8) is 0 Å². The van der Waals surface area contributed by atoms with Gasteiger partial charge in [-0.2, -0.15) is 5.10 Å². The summed E-state index contributed by atoms with van der Waals surface area (Å²) in [6, 6.07) is 9.55. The van der Waals surface area contributed by atoms with Gasteiger partial charge in [0.1, 0.15) is 0 Å². The molecule has 1 aliphatic carbocycles. The maximum Gasteiger partial charge on any atom is 0.318 e. The molecule has 0 radical (unpaired) electrons. The van der Waals surface area contributed by atoms with Gasteiger partial charge in [-0.15, -0.1) is 0 Å². The smallest absolute Gasteiger partial charge is 0.318 e. The number of rotatable bonds is 6. The third-order valence-electron chi connectivity index (χ3n) is 4.69. The number of carbonyl (C=O) groups is 1. The van der Waals surface area contributed by atoms with Crippen molar-refractivity contribution in [3.05, 3.63) is 63.1 Å². The lowest BCUT2D eigenvalue weighted by atomic mass is 9.93. The van der Waals surface area contributed by atoms with Crippen LogP contribution in [0, 0.1) is 0 Å². The van der Waals surface area contributed by atoms with Crippen LogP contribution in [0.4, 0.5) is 4.79 Å². The molecule has 0 aliphatic heterocycles. The zero-order chi connectivity index (χ0) is 18.4. The van der Waals surface area contributed by atoms with Gasteiger partial charge in [0.25, 0.3) is 5.56 Å². The number of aromatic nitrogens is 2. The summed E-state index contributed by atoms with van der Waals surface area (Å²) in [6.45, 7) is 1.51. The van der Waals surface area contributed by atoms with Crippen LogP contribution < -0.4 is 16.6 Å². The fourth-order valence-corrected chi connectivity index (χ4v) is 3.34. The number of benzene rings is 1. The summed E-state index contributed by atoms with van der Waals surface area (Å²) in [7, 11) is 0. The maximum absolute atomic E-state index is 12.6. The Hall–Kier alpha value is -2.67. The van der Waals surface area contributed by atoms with Crippen LogP contribution in [0.25, 0.3) is 0 Å². The third-order valence-corrected chi connectivity index (χ3v) is 4.69. The lowest BCUT2D eigenvalue weighted by Crippen LogP contribution is -2.42. The fraction of sp³-hybridized carbons (Fsp3) is 0.421. The molecule has 2 amide bonds. The van der Waals surface area contributed by atoms with Crippen LogP contribution in [0.2, 0.25) is 0 Å². The van der Waals surface area contributed by atoms with E-state index < -0.39 is 0 Å². The maximum atomic E-state index is 12.6. The first kappa shape index (κ1) is 18.1. The van der Waals surface area contributed by atoms with Gasteiger partial charge in [-0.1, -0.05) is 30.3 Å². The Labute approximate surface area is 152 Å². The Morgan fingerprint density at radius 1 is 1.23 bits per heavy atom. The van der Waals surface area contributed by atoms with Crippen molar-refractivity contribution in [1.29, 1.82) is 0 Å². The molecule has 1 aromatic carbocycles. The molecular formula is C19H25N5O2. The lowest BCUT2D eigenvalue weighted by molar-refractivity contribution is 0.196. The van der Waals surface area contributed by atoms with Crippen molar-refractivity contribution in [1.82, 2.24) is 20.4 Å². The zero-order valence-corrected chi connectivity index (χ0v) is 14.8. The summed E-state index contributed by atoms with van der Waals surface area (Å²) < 4.78 is 0. The molecule has 1 aliphatic rings. The number of nitrogens with zero attached hydrogens (tertiary/aromatic N) is 2. The number of H-pyrrole nitrogens is 1. The SMILES string of the molecule is NCCN(Cc1ccccc1)C(=O)NCc1c2c(n[nH]c1=O)CCCC2. The molecule has 138 valence electrons. The molecule has 0 bridgehead atoms. The van der Waals surface area contributed by atoms with Crippen LogP contribution in [0.5, 0.6) is 0 Å². The number of urea groups is 1. The van der Waals surface area contributed by atoms with E-state index >= 15 is 0 Å². The van der Waals surface area contributed by atoms with Crippen molar-refractivity contribution in [2.45, 2.75) is 38.8 Å². The molecular weight excluding hydrogens is 330 g/mol. The zero-order valence-electron chi connectivity index (χ0n) is 14.8. The molecule has 1 heterocycles. The first-order valence-corrected chi connectivity index (χ1v) is 9.05. The highest BCUT2D eigenvalue weighted by Crippen LogP contribution is 2.20. The Morgan fingerprint density at radius 2 is 2.00 bits per heavy atom. The van der Waals surface area contributed by atoms with E-state index in [9.17, 15) is 9.59 Å². The van der Waals surface area contributed by atoms with E-state index in [-0.39, 0.29) is 18.1 Å².